The molecule has 8 nitrogen and oxygen atoms in total. The largest absolute Gasteiger partial charge is 0.496 e. The van der Waals surface area contributed by atoms with E-state index in [0.29, 0.717) is 30.4 Å². The van der Waals surface area contributed by atoms with Gasteiger partial charge in [-0.15, -0.1) is 0 Å². The first-order valence-electron chi connectivity index (χ1n) is 10.2. The number of methoxy groups -OCH3 is 1. The average molecular weight is 433 g/mol. The summed E-state index contributed by atoms with van der Waals surface area (Å²) in [7, 11) is 1.64. The van der Waals surface area contributed by atoms with Crippen molar-refractivity contribution in [1.82, 2.24) is 9.97 Å². The Morgan fingerprint density at radius 1 is 1.12 bits per heavy atom. The van der Waals surface area contributed by atoms with E-state index in [9.17, 15) is 9.90 Å². The highest BCUT2D eigenvalue weighted by Crippen LogP contribution is 2.29. The number of benzene rings is 2. The summed E-state index contributed by atoms with van der Waals surface area (Å²) >= 11 is 0. The summed E-state index contributed by atoms with van der Waals surface area (Å²) < 4.78 is 16.4. The maximum atomic E-state index is 11.4. The highest BCUT2D eigenvalue weighted by Gasteiger charge is 2.14. The third-order valence-electron chi connectivity index (χ3n) is 5.03. The van der Waals surface area contributed by atoms with E-state index in [-0.39, 0.29) is 5.56 Å². The molecule has 0 atom stereocenters. The topological polar surface area (TPSA) is 107 Å². The zero-order chi connectivity index (χ0) is 22.5. The number of rotatable bonds is 9. The predicted molar refractivity (Wildman–Crippen MR) is 121 cm³/mol. The van der Waals surface area contributed by atoms with Crippen molar-refractivity contribution in [2.75, 3.05) is 25.6 Å². The van der Waals surface area contributed by atoms with E-state index in [0.717, 1.165) is 34.3 Å². The Balaban J connectivity index is 1.49. The van der Waals surface area contributed by atoms with Crippen molar-refractivity contribution in [2.45, 2.75) is 13.3 Å². The molecule has 0 spiro atoms. The maximum absolute atomic E-state index is 11.4. The average Bonchev–Trinajstić information content (AvgIpc) is 3.26. The van der Waals surface area contributed by atoms with Crippen molar-refractivity contribution >= 4 is 22.8 Å². The van der Waals surface area contributed by atoms with Crippen LogP contribution in [0.1, 0.15) is 22.8 Å². The summed E-state index contributed by atoms with van der Waals surface area (Å²) in [6.07, 6.45) is 3.86. The van der Waals surface area contributed by atoms with Crippen molar-refractivity contribution in [3.63, 3.8) is 0 Å². The molecule has 4 aromatic rings. The molecular formula is C24H23N3O5. The highest BCUT2D eigenvalue weighted by molar-refractivity contribution is 5.92. The van der Waals surface area contributed by atoms with Gasteiger partial charge in [0, 0.05) is 29.6 Å². The Bertz CT molecular complexity index is 1250. The highest BCUT2D eigenvalue weighted by atomic mass is 16.5. The summed E-state index contributed by atoms with van der Waals surface area (Å²) in [5.41, 5.74) is 3.38. The van der Waals surface area contributed by atoms with Crippen LogP contribution in [0.4, 0.5) is 5.82 Å². The number of nitrogens with one attached hydrogen (secondary N) is 1. The molecule has 4 rings (SSSR count). The summed E-state index contributed by atoms with van der Waals surface area (Å²) in [5, 5.41) is 13.7. The molecule has 0 aliphatic rings. The van der Waals surface area contributed by atoms with Gasteiger partial charge in [0.05, 0.1) is 25.7 Å². The van der Waals surface area contributed by atoms with E-state index in [1.807, 2.05) is 25.1 Å². The molecule has 164 valence electrons. The number of furan rings is 1. The van der Waals surface area contributed by atoms with Gasteiger partial charge in [-0.05, 0) is 43.2 Å². The normalized spacial score (nSPS) is 10.8. The second-order valence-electron chi connectivity index (χ2n) is 7.04. The van der Waals surface area contributed by atoms with Gasteiger partial charge in [0.25, 0.3) is 0 Å². The van der Waals surface area contributed by atoms with Crippen LogP contribution in [0.25, 0.3) is 22.2 Å². The minimum atomic E-state index is -1.03. The van der Waals surface area contributed by atoms with Gasteiger partial charge in [-0.3, -0.25) is 0 Å². The van der Waals surface area contributed by atoms with Crippen LogP contribution in [0.5, 0.6) is 11.5 Å². The fourth-order valence-corrected chi connectivity index (χ4v) is 3.49. The molecule has 0 unspecified atom stereocenters. The lowest BCUT2D eigenvalue weighted by Gasteiger charge is -2.11. The Labute approximate surface area is 184 Å². The first-order chi connectivity index (χ1) is 15.6. The molecule has 0 saturated heterocycles. The van der Waals surface area contributed by atoms with E-state index < -0.39 is 5.97 Å². The smallest absolute Gasteiger partial charge is 0.339 e. The monoisotopic (exact) mass is 433 g/mol. The molecule has 2 aromatic heterocycles. The van der Waals surface area contributed by atoms with Crippen LogP contribution in [-0.4, -0.2) is 41.3 Å². The van der Waals surface area contributed by atoms with Crippen molar-refractivity contribution in [3.05, 3.63) is 66.2 Å². The number of aromatic carboxylic acids is 1. The van der Waals surface area contributed by atoms with Gasteiger partial charge < -0.3 is 24.3 Å². The third-order valence-corrected chi connectivity index (χ3v) is 5.03. The Morgan fingerprint density at radius 3 is 2.78 bits per heavy atom. The first kappa shape index (κ1) is 21.2. The van der Waals surface area contributed by atoms with Crippen molar-refractivity contribution in [2.24, 2.45) is 0 Å². The standard InChI is InChI=1S/C24H23N3O5/c1-3-31-22-11-15(4-5-18(22)24(28)29)19-12-23(27-14-26-19)25-8-6-16-10-17-7-9-32-21(17)13-20(16)30-2/h4-5,7,9-14H,3,6,8H2,1-2H3,(H,28,29)(H,25,26,27). The molecule has 2 heterocycles. The van der Waals surface area contributed by atoms with Crippen molar-refractivity contribution in [3.8, 4) is 22.8 Å². The van der Waals surface area contributed by atoms with Gasteiger partial charge in [-0.2, -0.15) is 0 Å². The van der Waals surface area contributed by atoms with E-state index in [1.165, 1.54) is 12.4 Å². The molecule has 0 saturated carbocycles. The van der Waals surface area contributed by atoms with Crippen LogP contribution >= 0.6 is 0 Å². The van der Waals surface area contributed by atoms with Crippen LogP contribution in [0.2, 0.25) is 0 Å². The molecule has 0 aliphatic heterocycles. The summed E-state index contributed by atoms with van der Waals surface area (Å²) in [4.78, 5) is 20.0. The fourth-order valence-electron chi connectivity index (χ4n) is 3.49. The summed E-state index contributed by atoms with van der Waals surface area (Å²) in [6.45, 7) is 2.82. The predicted octanol–water partition coefficient (Wildman–Crippen LogP) is 4.65. The number of fused-ring (bicyclic) bond motifs is 1. The number of hydrogen-bond acceptors (Lipinski definition) is 7. The number of carboxylic acid groups (broad SMARTS) is 1. The first-order valence-corrected chi connectivity index (χ1v) is 10.2. The van der Waals surface area contributed by atoms with E-state index in [2.05, 4.69) is 21.4 Å². The Hall–Kier alpha value is -4.07. The van der Waals surface area contributed by atoms with Gasteiger partial charge >= 0.3 is 5.97 Å². The number of hydrogen-bond donors (Lipinski definition) is 2. The molecule has 0 aliphatic carbocycles. The Morgan fingerprint density at radius 2 is 2.00 bits per heavy atom. The summed E-state index contributed by atoms with van der Waals surface area (Å²) in [6, 6.07) is 12.6. The minimum Gasteiger partial charge on any atom is -0.496 e. The van der Waals surface area contributed by atoms with Crippen LogP contribution < -0.4 is 14.8 Å². The number of ether oxygens (including phenoxy) is 2. The van der Waals surface area contributed by atoms with Crippen molar-refractivity contribution in [1.29, 1.82) is 0 Å². The molecular weight excluding hydrogens is 410 g/mol. The van der Waals surface area contributed by atoms with E-state index in [4.69, 9.17) is 13.9 Å². The number of nitrogens with zero attached hydrogens (tertiary/aromatic N) is 2. The molecule has 2 N–H and O–H groups in total. The molecule has 0 fully saturated rings. The second kappa shape index (κ2) is 9.38. The van der Waals surface area contributed by atoms with Gasteiger partial charge in [0.15, 0.2) is 0 Å². The number of carbonyl (C=O) groups is 1. The Kier molecular flexibility index (Phi) is 6.21. The molecule has 0 bridgehead atoms. The van der Waals surface area contributed by atoms with Gasteiger partial charge in [-0.25, -0.2) is 14.8 Å². The maximum Gasteiger partial charge on any atom is 0.339 e. The van der Waals surface area contributed by atoms with Gasteiger partial charge in [0.1, 0.15) is 34.8 Å². The quantitative estimate of drug-likeness (QED) is 0.393. The lowest BCUT2D eigenvalue weighted by Crippen LogP contribution is -2.08. The van der Waals surface area contributed by atoms with Crippen LogP contribution in [0.15, 0.2) is 59.5 Å². The molecule has 8 heteroatoms. The van der Waals surface area contributed by atoms with E-state index in [1.54, 1.807) is 25.5 Å². The lowest BCUT2D eigenvalue weighted by molar-refractivity contribution is 0.0692. The molecule has 2 aromatic carbocycles. The second-order valence-corrected chi connectivity index (χ2v) is 7.04. The molecule has 0 amide bonds. The van der Waals surface area contributed by atoms with E-state index >= 15 is 0 Å². The van der Waals surface area contributed by atoms with Crippen LogP contribution in [-0.2, 0) is 6.42 Å². The SMILES string of the molecule is CCOc1cc(-c2cc(NCCc3cc4ccoc4cc3OC)ncn2)ccc1C(=O)O. The zero-order valence-electron chi connectivity index (χ0n) is 17.8. The van der Waals surface area contributed by atoms with Crippen LogP contribution in [0, 0.1) is 0 Å². The van der Waals surface area contributed by atoms with Crippen molar-refractivity contribution < 1.29 is 23.8 Å². The third kappa shape index (κ3) is 4.49. The molecule has 0 radical (unpaired) electrons. The number of anilines is 1. The molecule has 32 heavy (non-hydrogen) atoms. The minimum absolute atomic E-state index is 0.117. The number of aromatic nitrogens is 2. The zero-order valence-corrected chi connectivity index (χ0v) is 17.8. The lowest BCUT2D eigenvalue weighted by atomic mass is 10.1. The van der Waals surface area contributed by atoms with Gasteiger partial charge in [0.2, 0.25) is 0 Å². The van der Waals surface area contributed by atoms with Crippen LogP contribution in [0.3, 0.4) is 0 Å². The van der Waals surface area contributed by atoms with Gasteiger partial charge in [-0.1, -0.05) is 6.07 Å². The fraction of sp³-hybridized carbons (Fsp3) is 0.208. The number of carboxylic acids is 1. The summed E-state index contributed by atoms with van der Waals surface area (Å²) in [5.74, 6) is 0.722.